The number of aromatic nitrogens is 1. The van der Waals surface area contributed by atoms with Crippen LogP contribution in [0.1, 0.15) is 37.3 Å². The number of nitrogens with two attached hydrogens (primary N) is 1. The predicted octanol–water partition coefficient (Wildman–Crippen LogP) is 2.32. The standard InChI is InChI=1S/C14H18N2O2/c1-16-12-6-5-10(8-13(12)18-14(16)17)11(15)7-9-3-2-4-9/h5-6,8-9,11H,2-4,7,15H2,1H3. The highest BCUT2D eigenvalue weighted by Crippen LogP contribution is 2.34. The Morgan fingerprint density at radius 1 is 1.50 bits per heavy atom. The fourth-order valence-corrected chi connectivity index (χ4v) is 2.60. The number of hydrogen-bond acceptors (Lipinski definition) is 3. The summed E-state index contributed by atoms with van der Waals surface area (Å²) in [6.45, 7) is 0. The van der Waals surface area contributed by atoms with Crippen molar-refractivity contribution in [2.24, 2.45) is 18.7 Å². The molecule has 18 heavy (non-hydrogen) atoms. The Kier molecular flexibility index (Phi) is 2.74. The maximum Gasteiger partial charge on any atom is 0.419 e. The lowest BCUT2D eigenvalue weighted by atomic mass is 9.80. The molecule has 1 heterocycles. The van der Waals surface area contributed by atoms with Crippen LogP contribution in [-0.4, -0.2) is 4.57 Å². The molecule has 1 saturated carbocycles. The lowest BCUT2D eigenvalue weighted by Gasteiger charge is -2.28. The normalized spacial score (nSPS) is 17.9. The monoisotopic (exact) mass is 246 g/mol. The Labute approximate surface area is 105 Å². The van der Waals surface area contributed by atoms with Crippen LogP contribution in [-0.2, 0) is 7.05 Å². The first kappa shape index (κ1) is 11.5. The Bertz CT molecular complexity index is 622. The molecule has 1 aromatic heterocycles. The summed E-state index contributed by atoms with van der Waals surface area (Å²) in [5.41, 5.74) is 8.72. The van der Waals surface area contributed by atoms with E-state index in [0.29, 0.717) is 5.58 Å². The molecule has 1 atom stereocenters. The predicted molar refractivity (Wildman–Crippen MR) is 70.3 cm³/mol. The van der Waals surface area contributed by atoms with Gasteiger partial charge in [-0.3, -0.25) is 4.57 Å². The number of hydrogen-bond donors (Lipinski definition) is 1. The number of nitrogens with zero attached hydrogens (tertiary/aromatic N) is 1. The molecular formula is C14H18N2O2. The van der Waals surface area contributed by atoms with Crippen molar-refractivity contribution in [2.45, 2.75) is 31.7 Å². The first-order valence-corrected chi connectivity index (χ1v) is 6.50. The molecule has 1 aromatic carbocycles. The van der Waals surface area contributed by atoms with E-state index in [0.717, 1.165) is 23.4 Å². The van der Waals surface area contributed by atoms with Crippen molar-refractivity contribution in [1.82, 2.24) is 4.57 Å². The maximum atomic E-state index is 11.4. The molecule has 4 heteroatoms. The SMILES string of the molecule is Cn1c(=O)oc2cc(C(N)CC3CCC3)ccc21. The zero-order valence-electron chi connectivity index (χ0n) is 10.6. The van der Waals surface area contributed by atoms with Gasteiger partial charge in [0.15, 0.2) is 5.58 Å². The molecule has 1 unspecified atom stereocenters. The minimum atomic E-state index is -0.324. The van der Waals surface area contributed by atoms with Crippen molar-refractivity contribution in [1.29, 1.82) is 0 Å². The van der Waals surface area contributed by atoms with E-state index in [1.807, 2.05) is 18.2 Å². The summed E-state index contributed by atoms with van der Waals surface area (Å²) in [5.74, 6) is 0.452. The number of aryl methyl sites for hydroxylation is 1. The third-order valence-corrected chi connectivity index (χ3v) is 4.06. The smallest absolute Gasteiger partial charge is 0.408 e. The number of rotatable bonds is 3. The van der Waals surface area contributed by atoms with E-state index in [1.165, 1.54) is 23.8 Å². The van der Waals surface area contributed by atoms with Crippen LogP contribution in [0.15, 0.2) is 27.4 Å². The molecule has 0 radical (unpaired) electrons. The van der Waals surface area contributed by atoms with Crippen molar-refractivity contribution in [3.63, 3.8) is 0 Å². The van der Waals surface area contributed by atoms with Crippen LogP contribution >= 0.6 is 0 Å². The second-order valence-electron chi connectivity index (χ2n) is 5.29. The molecule has 3 rings (SSSR count). The first-order valence-electron chi connectivity index (χ1n) is 6.50. The highest BCUT2D eigenvalue weighted by Gasteiger charge is 2.21. The van der Waals surface area contributed by atoms with Crippen molar-refractivity contribution in [3.05, 3.63) is 34.3 Å². The minimum Gasteiger partial charge on any atom is -0.408 e. The molecule has 0 spiro atoms. The first-order chi connectivity index (χ1) is 8.65. The average Bonchev–Trinajstić information content (AvgIpc) is 2.59. The van der Waals surface area contributed by atoms with E-state index in [-0.39, 0.29) is 11.8 Å². The van der Waals surface area contributed by atoms with Crippen molar-refractivity contribution < 1.29 is 4.42 Å². The second kappa shape index (κ2) is 4.28. The third kappa shape index (κ3) is 1.86. The molecule has 2 N–H and O–H groups in total. The number of fused-ring (bicyclic) bond motifs is 1. The van der Waals surface area contributed by atoms with E-state index in [9.17, 15) is 4.79 Å². The lowest BCUT2D eigenvalue weighted by molar-refractivity contribution is 0.277. The van der Waals surface area contributed by atoms with Crippen molar-refractivity contribution >= 4 is 11.1 Å². The van der Waals surface area contributed by atoms with Crippen LogP contribution in [0.2, 0.25) is 0 Å². The van der Waals surface area contributed by atoms with Crippen LogP contribution in [0.25, 0.3) is 11.1 Å². The molecule has 0 amide bonds. The maximum absolute atomic E-state index is 11.4. The summed E-state index contributed by atoms with van der Waals surface area (Å²) in [5, 5.41) is 0. The van der Waals surface area contributed by atoms with Gasteiger partial charge in [-0.25, -0.2) is 4.79 Å². The highest BCUT2D eigenvalue weighted by molar-refractivity contribution is 5.73. The Morgan fingerprint density at radius 3 is 2.94 bits per heavy atom. The van der Waals surface area contributed by atoms with Gasteiger partial charge in [0.25, 0.3) is 0 Å². The average molecular weight is 246 g/mol. The largest absolute Gasteiger partial charge is 0.419 e. The van der Waals surface area contributed by atoms with Gasteiger partial charge in [0.1, 0.15) is 0 Å². The highest BCUT2D eigenvalue weighted by atomic mass is 16.4. The molecule has 2 aromatic rings. The van der Waals surface area contributed by atoms with E-state index in [4.69, 9.17) is 10.2 Å². The molecule has 1 fully saturated rings. The van der Waals surface area contributed by atoms with E-state index in [2.05, 4.69) is 0 Å². The van der Waals surface area contributed by atoms with Gasteiger partial charge < -0.3 is 10.2 Å². The summed E-state index contributed by atoms with van der Waals surface area (Å²) in [6.07, 6.45) is 4.97. The van der Waals surface area contributed by atoms with Gasteiger partial charge in [-0.15, -0.1) is 0 Å². The molecular weight excluding hydrogens is 228 g/mol. The van der Waals surface area contributed by atoms with E-state index < -0.39 is 0 Å². The fraction of sp³-hybridized carbons (Fsp3) is 0.500. The Morgan fingerprint density at radius 2 is 2.28 bits per heavy atom. The van der Waals surface area contributed by atoms with Crippen LogP contribution in [0.4, 0.5) is 0 Å². The van der Waals surface area contributed by atoms with Crippen molar-refractivity contribution in [3.8, 4) is 0 Å². The molecule has 1 aliphatic carbocycles. The van der Waals surface area contributed by atoms with Gasteiger partial charge in [-0.1, -0.05) is 25.3 Å². The van der Waals surface area contributed by atoms with Gasteiger partial charge in [0, 0.05) is 13.1 Å². The van der Waals surface area contributed by atoms with E-state index >= 15 is 0 Å². The zero-order chi connectivity index (χ0) is 12.7. The van der Waals surface area contributed by atoms with Gasteiger partial charge >= 0.3 is 5.76 Å². The molecule has 0 bridgehead atoms. The van der Waals surface area contributed by atoms with Crippen LogP contribution < -0.4 is 11.5 Å². The fourth-order valence-electron chi connectivity index (χ4n) is 2.60. The van der Waals surface area contributed by atoms with Crippen LogP contribution in [0.3, 0.4) is 0 Å². The Balaban J connectivity index is 1.90. The topological polar surface area (TPSA) is 61.2 Å². The molecule has 0 saturated heterocycles. The van der Waals surface area contributed by atoms with E-state index in [1.54, 1.807) is 7.05 Å². The number of oxazole rings is 1. The van der Waals surface area contributed by atoms with Crippen molar-refractivity contribution in [2.75, 3.05) is 0 Å². The number of benzene rings is 1. The van der Waals surface area contributed by atoms with Gasteiger partial charge in [-0.05, 0) is 30.0 Å². The summed E-state index contributed by atoms with van der Waals surface area (Å²) in [7, 11) is 1.71. The molecule has 96 valence electrons. The second-order valence-corrected chi connectivity index (χ2v) is 5.29. The van der Waals surface area contributed by atoms with Gasteiger partial charge in [0.2, 0.25) is 0 Å². The summed E-state index contributed by atoms with van der Waals surface area (Å²) < 4.78 is 6.70. The summed E-state index contributed by atoms with van der Waals surface area (Å²) >= 11 is 0. The van der Waals surface area contributed by atoms with Gasteiger partial charge in [-0.2, -0.15) is 0 Å². The molecule has 0 aliphatic heterocycles. The zero-order valence-corrected chi connectivity index (χ0v) is 10.6. The minimum absolute atomic E-state index is 0.0465. The summed E-state index contributed by atoms with van der Waals surface area (Å²) in [4.78, 5) is 11.4. The quantitative estimate of drug-likeness (QED) is 0.904. The molecule has 1 aliphatic rings. The van der Waals surface area contributed by atoms with Crippen LogP contribution in [0.5, 0.6) is 0 Å². The lowest BCUT2D eigenvalue weighted by Crippen LogP contribution is -2.20. The summed E-state index contributed by atoms with van der Waals surface area (Å²) in [6, 6.07) is 5.86. The van der Waals surface area contributed by atoms with Crippen LogP contribution in [0, 0.1) is 5.92 Å². The van der Waals surface area contributed by atoms with Gasteiger partial charge in [0.05, 0.1) is 5.52 Å². The molecule has 4 nitrogen and oxygen atoms in total. The Hall–Kier alpha value is -1.55. The third-order valence-electron chi connectivity index (χ3n) is 4.06.